The minimum Gasteiger partial charge on any atom is -0.390 e. The molecule has 1 aliphatic rings. The number of hydrogen-bond acceptors (Lipinski definition) is 3. The molecular formula is C15H26N2O3S. The van der Waals surface area contributed by atoms with Crippen LogP contribution >= 0.6 is 0 Å². The van der Waals surface area contributed by atoms with Crippen LogP contribution < -0.4 is 0 Å². The van der Waals surface area contributed by atoms with E-state index in [-0.39, 0.29) is 18.7 Å². The Hall–Kier alpha value is -0.850. The largest absolute Gasteiger partial charge is 0.390 e. The van der Waals surface area contributed by atoms with Gasteiger partial charge in [-0.2, -0.15) is 4.31 Å². The van der Waals surface area contributed by atoms with Crippen molar-refractivity contribution in [2.24, 2.45) is 5.92 Å². The van der Waals surface area contributed by atoms with Crippen LogP contribution in [0.3, 0.4) is 0 Å². The Labute approximate surface area is 127 Å². The summed E-state index contributed by atoms with van der Waals surface area (Å²) in [6.45, 7) is 8.52. The van der Waals surface area contributed by atoms with E-state index in [9.17, 15) is 13.5 Å². The standard InChI is InChI=1S/C15H26N2O3S/c1-11(2)15-6-5-7-17(15)21(19,20)14-8-13(10-18)16(9-14)12(3)4/h8-9,11-12,15,18H,5-7,10H2,1-4H3. The second-order valence-corrected chi connectivity index (χ2v) is 8.29. The molecule has 1 atom stereocenters. The maximum Gasteiger partial charge on any atom is 0.244 e. The number of aliphatic hydroxyl groups is 1. The van der Waals surface area contributed by atoms with Crippen molar-refractivity contribution in [3.63, 3.8) is 0 Å². The molecule has 0 spiro atoms. The summed E-state index contributed by atoms with van der Waals surface area (Å²) >= 11 is 0. The van der Waals surface area contributed by atoms with E-state index in [1.165, 1.54) is 0 Å². The van der Waals surface area contributed by atoms with Crippen molar-refractivity contribution in [1.29, 1.82) is 0 Å². The van der Waals surface area contributed by atoms with E-state index in [2.05, 4.69) is 13.8 Å². The van der Waals surface area contributed by atoms with Crippen LogP contribution in [-0.4, -0.2) is 35.0 Å². The summed E-state index contributed by atoms with van der Waals surface area (Å²) < 4.78 is 29.2. The Balaban J connectivity index is 2.40. The van der Waals surface area contributed by atoms with Gasteiger partial charge in [-0.3, -0.25) is 0 Å². The van der Waals surface area contributed by atoms with E-state index in [0.717, 1.165) is 12.8 Å². The predicted octanol–water partition coefficient (Wildman–Crippen LogP) is 2.37. The lowest BCUT2D eigenvalue weighted by Crippen LogP contribution is -2.38. The van der Waals surface area contributed by atoms with Gasteiger partial charge in [-0.1, -0.05) is 13.8 Å². The first-order chi connectivity index (χ1) is 9.78. The molecule has 2 rings (SSSR count). The minimum absolute atomic E-state index is 0.0787. The Morgan fingerprint density at radius 1 is 1.33 bits per heavy atom. The molecule has 1 N–H and O–H groups in total. The SMILES string of the molecule is CC(C)C1CCCN1S(=O)(=O)c1cc(CO)n(C(C)C)c1. The van der Waals surface area contributed by atoms with Gasteiger partial charge in [-0.25, -0.2) is 8.42 Å². The Morgan fingerprint density at radius 2 is 2.00 bits per heavy atom. The fourth-order valence-corrected chi connectivity index (χ4v) is 4.99. The number of hydrogen-bond donors (Lipinski definition) is 1. The Kier molecular flexibility index (Phi) is 4.80. The summed E-state index contributed by atoms with van der Waals surface area (Å²) in [6, 6.07) is 1.80. The van der Waals surface area contributed by atoms with Gasteiger partial charge in [0.1, 0.15) is 4.90 Å². The van der Waals surface area contributed by atoms with Crippen LogP contribution in [0.25, 0.3) is 0 Å². The van der Waals surface area contributed by atoms with Gasteiger partial charge >= 0.3 is 0 Å². The summed E-state index contributed by atoms with van der Waals surface area (Å²) in [5, 5.41) is 9.42. The van der Waals surface area contributed by atoms with Gasteiger partial charge in [0.05, 0.1) is 6.61 Å². The quantitative estimate of drug-likeness (QED) is 0.907. The highest BCUT2D eigenvalue weighted by Gasteiger charge is 2.37. The van der Waals surface area contributed by atoms with E-state index in [0.29, 0.717) is 23.1 Å². The lowest BCUT2D eigenvalue weighted by molar-refractivity contribution is 0.268. The second-order valence-electron chi connectivity index (χ2n) is 6.40. The highest BCUT2D eigenvalue weighted by molar-refractivity contribution is 7.89. The second kappa shape index (κ2) is 6.10. The summed E-state index contributed by atoms with van der Waals surface area (Å²) in [5.74, 6) is 0.312. The predicted molar refractivity (Wildman–Crippen MR) is 82.5 cm³/mol. The zero-order valence-corrected chi connectivity index (χ0v) is 14.1. The van der Waals surface area contributed by atoms with Gasteiger partial charge in [0.25, 0.3) is 0 Å². The molecule has 0 radical (unpaired) electrons. The lowest BCUT2D eigenvalue weighted by atomic mass is 10.0. The van der Waals surface area contributed by atoms with E-state index in [1.807, 2.05) is 18.4 Å². The smallest absolute Gasteiger partial charge is 0.244 e. The van der Waals surface area contributed by atoms with Crippen LogP contribution in [0.2, 0.25) is 0 Å². The fourth-order valence-electron chi connectivity index (χ4n) is 3.11. The highest BCUT2D eigenvalue weighted by Crippen LogP contribution is 2.31. The molecule has 1 saturated heterocycles. The number of nitrogens with zero attached hydrogens (tertiary/aromatic N) is 2. The van der Waals surface area contributed by atoms with Crippen molar-refractivity contribution in [2.45, 2.75) is 64.1 Å². The van der Waals surface area contributed by atoms with Crippen molar-refractivity contribution in [1.82, 2.24) is 8.87 Å². The molecule has 0 aliphatic carbocycles. The first kappa shape index (κ1) is 16.5. The normalized spacial score (nSPS) is 20.8. The molecule has 1 unspecified atom stereocenters. The molecular weight excluding hydrogens is 288 g/mol. The van der Waals surface area contributed by atoms with Crippen molar-refractivity contribution in [2.75, 3.05) is 6.54 Å². The van der Waals surface area contributed by atoms with Gasteiger partial charge in [0.15, 0.2) is 0 Å². The summed E-state index contributed by atoms with van der Waals surface area (Å²) in [4.78, 5) is 0.299. The third-order valence-electron chi connectivity index (χ3n) is 4.25. The molecule has 2 heterocycles. The third-order valence-corrected chi connectivity index (χ3v) is 6.14. The van der Waals surface area contributed by atoms with Crippen LogP contribution in [0, 0.1) is 5.92 Å². The summed E-state index contributed by atoms with van der Waals surface area (Å²) in [5.41, 5.74) is 0.642. The summed E-state index contributed by atoms with van der Waals surface area (Å²) in [6.07, 6.45) is 3.50. The van der Waals surface area contributed by atoms with Crippen molar-refractivity contribution < 1.29 is 13.5 Å². The van der Waals surface area contributed by atoms with Crippen molar-refractivity contribution >= 4 is 10.0 Å². The van der Waals surface area contributed by atoms with E-state index < -0.39 is 10.0 Å². The topological polar surface area (TPSA) is 62.5 Å². The zero-order chi connectivity index (χ0) is 15.8. The molecule has 0 aromatic carbocycles. The van der Waals surface area contributed by atoms with Crippen LogP contribution in [0.4, 0.5) is 0 Å². The number of sulfonamides is 1. The van der Waals surface area contributed by atoms with E-state index >= 15 is 0 Å². The zero-order valence-electron chi connectivity index (χ0n) is 13.3. The van der Waals surface area contributed by atoms with Crippen LogP contribution in [-0.2, 0) is 16.6 Å². The molecule has 0 saturated carbocycles. The van der Waals surface area contributed by atoms with E-state index in [1.54, 1.807) is 16.6 Å². The van der Waals surface area contributed by atoms with Crippen molar-refractivity contribution in [3.05, 3.63) is 18.0 Å². The molecule has 21 heavy (non-hydrogen) atoms. The van der Waals surface area contributed by atoms with E-state index in [4.69, 9.17) is 0 Å². The maximum absolute atomic E-state index is 12.9. The van der Waals surface area contributed by atoms with Gasteiger partial charge in [0.2, 0.25) is 10.0 Å². The molecule has 0 amide bonds. The number of aliphatic hydroxyl groups excluding tert-OH is 1. The molecule has 1 aliphatic heterocycles. The monoisotopic (exact) mass is 314 g/mol. The fraction of sp³-hybridized carbons (Fsp3) is 0.733. The summed E-state index contributed by atoms with van der Waals surface area (Å²) in [7, 11) is -3.48. The molecule has 1 aromatic heterocycles. The number of aromatic nitrogens is 1. The van der Waals surface area contributed by atoms with Gasteiger partial charge in [-0.05, 0) is 38.7 Å². The maximum atomic E-state index is 12.9. The molecule has 1 fully saturated rings. The number of rotatable bonds is 5. The molecule has 6 heteroatoms. The van der Waals surface area contributed by atoms with Gasteiger partial charge < -0.3 is 9.67 Å². The van der Waals surface area contributed by atoms with Crippen LogP contribution in [0.15, 0.2) is 17.2 Å². The molecule has 0 bridgehead atoms. The van der Waals surface area contributed by atoms with Crippen LogP contribution in [0.1, 0.15) is 52.3 Å². The van der Waals surface area contributed by atoms with Gasteiger partial charge in [0, 0.05) is 30.5 Å². The minimum atomic E-state index is -3.48. The molecule has 120 valence electrons. The third kappa shape index (κ3) is 3.03. The average Bonchev–Trinajstić information content (AvgIpc) is 3.05. The Bertz CT molecular complexity index is 590. The molecule has 5 nitrogen and oxygen atoms in total. The van der Waals surface area contributed by atoms with Gasteiger partial charge in [-0.15, -0.1) is 0 Å². The lowest BCUT2D eigenvalue weighted by Gasteiger charge is -2.26. The average molecular weight is 314 g/mol. The van der Waals surface area contributed by atoms with Crippen LogP contribution in [0.5, 0.6) is 0 Å². The molecule has 1 aromatic rings. The Morgan fingerprint density at radius 3 is 2.48 bits per heavy atom. The first-order valence-corrected chi connectivity index (χ1v) is 9.06. The highest BCUT2D eigenvalue weighted by atomic mass is 32.2. The van der Waals surface area contributed by atoms with Crippen molar-refractivity contribution in [3.8, 4) is 0 Å². The first-order valence-electron chi connectivity index (χ1n) is 7.62.